The average molecular weight is 306 g/mol. The Morgan fingerprint density at radius 2 is 1.78 bits per heavy atom. The fraction of sp³-hybridized carbons (Fsp3) is 0.158. The fourth-order valence-electron chi connectivity index (χ4n) is 1.98. The first-order valence-corrected chi connectivity index (χ1v) is 7.36. The number of carbonyl (C=O) groups excluding carboxylic acids is 1. The van der Waals surface area contributed by atoms with Gasteiger partial charge in [-0.3, -0.25) is 0 Å². The molecule has 116 valence electrons. The zero-order valence-corrected chi connectivity index (χ0v) is 13.2. The molecule has 23 heavy (non-hydrogen) atoms. The lowest BCUT2D eigenvalue weighted by Gasteiger charge is -2.04. The minimum Gasteiger partial charge on any atom is -0.463 e. The van der Waals surface area contributed by atoms with Crippen LogP contribution in [-0.4, -0.2) is 18.6 Å². The van der Waals surface area contributed by atoms with Gasteiger partial charge in [-0.1, -0.05) is 36.4 Å². The Kier molecular flexibility index (Phi) is 6.04. The Bertz CT molecular complexity index is 758. The van der Waals surface area contributed by atoms with E-state index in [1.54, 1.807) is 6.92 Å². The number of allylic oxidation sites excluding steroid dienone is 1. The summed E-state index contributed by atoms with van der Waals surface area (Å²) in [4.78, 5) is 20.0. The van der Waals surface area contributed by atoms with Gasteiger partial charge in [0.05, 0.1) is 18.0 Å². The third kappa shape index (κ3) is 5.06. The first-order chi connectivity index (χ1) is 11.2. The molecule has 0 aliphatic carbocycles. The highest BCUT2D eigenvalue weighted by Crippen LogP contribution is 2.25. The summed E-state index contributed by atoms with van der Waals surface area (Å²) in [7, 11) is 0. The molecule has 0 spiro atoms. The number of hydrogen-bond donors (Lipinski definition) is 0. The van der Waals surface area contributed by atoms with Gasteiger partial charge in [-0.15, -0.1) is 0 Å². The van der Waals surface area contributed by atoms with E-state index in [2.05, 4.69) is 16.0 Å². The molecule has 2 rings (SSSR count). The second-order valence-corrected chi connectivity index (χ2v) is 4.76. The van der Waals surface area contributed by atoms with Crippen molar-refractivity contribution in [3.8, 4) is 0 Å². The van der Waals surface area contributed by atoms with Crippen LogP contribution in [0.5, 0.6) is 0 Å². The van der Waals surface area contributed by atoms with Gasteiger partial charge in [0, 0.05) is 11.6 Å². The van der Waals surface area contributed by atoms with Crippen molar-refractivity contribution >= 4 is 28.9 Å². The maximum absolute atomic E-state index is 11.6. The lowest BCUT2D eigenvalue weighted by molar-refractivity contribution is -0.137. The van der Waals surface area contributed by atoms with E-state index in [1.165, 1.54) is 6.08 Å². The topological polar surface area (TPSA) is 51.0 Å². The van der Waals surface area contributed by atoms with Crippen LogP contribution in [0.2, 0.25) is 0 Å². The molecule has 0 heterocycles. The molecule has 0 saturated heterocycles. The van der Waals surface area contributed by atoms with Crippen LogP contribution in [0.15, 0.2) is 70.7 Å². The lowest BCUT2D eigenvalue weighted by atomic mass is 10.1. The summed E-state index contributed by atoms with van der Waals surface area (Å²) in [5, 5.41) is 0. The molecule has 0 radical (unpaired) electrons. The van der Waals surface area contributed by atoms with Crippen molar-refractivity contribution in [3.05, 3.63) is 66.2 Å². The maximum atomic E-state index is 11.6. The highest BCUT2D eigenvalue weighted by molar-refractivity contribution is 5.92. The summed E-state index contributed by atoms with van der Waals surface area (Å²) in [6, 6.07) is 19.7. The number of para-hydroxylation sites is 2. The van der Waals surface area contributed by atoms with Crippen LogP contribution in [0.1, 0.15) is 19.4 Å². The predicted molar refractivity (Wildman–Crippen MR) is 92.4 cm³/mol. The van der Waals surface area contributed by atoms with E-state index in [4.69, 9.17) is 4.74 Å². The van der Waals surface area contributed by atoms with Crippen molar-refractivity contribution in [1.82, 2.24) is 0 Å². The van der Waals surface area contributed by atoms with Gasteiger partial charge in [0.1, 0.15) is 6.01 Å². The molecule has 2 aromatic carbocycles. The Morgan fingerprint density at radius 1 is 1.09 bits per heavy atom. The number of benzene rings is 2. The number of ether oxygens (including phenoxy) is 1. The van der Waals surface area contributed by atoms with Crippen molar-refractivity contribution in [2.75, 3.05) is 6.61 Å². The summed E-state index contributed by atoms with van der Waals surface area (Å²) in [6.07, 6.45) is 1.46. The van der Waals surface area contributed by atoms with Gasteiger partial charge in [-0.2, -0.15) is 9.98 Å². The summed E-state index contributed by atoms with van der Waals surface area (Å²) >= 11 is 0. The molecular formula is C19H18N2O2. The molecule has 0 aromatic heterocycles. The van der Waals surface area contributed by atoms with Crippen LogP contribution < -0.4 is 0 Å². The van der Waals surface area contributed by atoms with Crippen molar-refractivity contribution in [2.24, 2.45) is 9.98 Å². The quantitative estimate of drug-likeness (QED) is 0.453. The van der Waals surface area contributed by atoms with Crippen molar-refractivity contribution in [1.29, 1.82) is 0 Å². The van der Waals surface area contributed by atoms with Crippen LogP contribution in [0, 0.1) is 0 Å². The third-order valence-electron chi connectivity index (χ3n) is 3.06. The van der Waals surface area contributed by atoms with E-state index in [1.807, 2.05) is 61.5 Å². The smallest absolute Gasteiger partial charge is 0.331 e. The van der Waals surface area contributed by atoms with Crippen molar-refractivity contribution in [3.63, 3.8) is 0 Å². The number of esters is 1. The molecule has 0 unspecified atom stereocenters. The molecule has 0 N–H and O–H groups in total. The highest BCUT2D eigenvalue weighted by Gasteiger charge is 2.05. The Morgan fingerprint density at radius 3 is 2.52 bits per heavy atom. The minimum absolute atomic E-state index is 0.353. The first kappa shape index (κ1) is 16.4. The van der Waals surface area contributed by atoms with Crippen LogP contribution in [0.25, 0.3) is 5.57 Å². The zero-order valence-electron chi connectivity index (χ0n) is 13.2. The Balaban J connectivity index is 2.27. The summed E-state index contributed by atoms with van der Waals surface area (Å²) in [5.74, 6) is -0.360. The first-order valence-electron chi connectivity index (χ1n) is 7.36. The van der Waals surface area contributed by atoms with Gasteiger partial charge >= 0.3 is 5.97 Å². The molecular weight excluding hydrogens is 288 g/mol. The highest BCUT2D eigenvalue weighted by atomic mass is 16.5. The van der Waals surface area contributed by atoms with Gasteiger partial charge in [0.2, 0.25) is 0 Å². The van der Waals surface area contributed by atoms with Crippen LogP contribution in [0.4, 0.5) is 11.4 Å². The van der Waals surface area contributed by atoms with Crippen LogP contribution >= 0.6 is 0 Å². The summed E-state index contributed by atoms with van der Waals surface area (Å²) < 4.78 is 4.93. The summed E-state index contributed by atoms with van der Waals surface area (Å²) in [6.45, 7) is 3.98. The van der Waals surface area contributed by atoms with Crippen LogP contribution in [-0.2, 0) is 9.53 Å². The molecule has 0 atom stereocenters. The number of aliphatic imine (C=N–C) groups is 2. The number of carbonyl (C=O) groups is 1. The second kappa shape index (κ2) is 8.47. The van der Waals surface area contributed by atoms with E-state index >= 15 is 0 Å². The Hall–Kier alpha value is -2.97. The SMILES string of the molecule is CCOC(=O)/C=C(\C)c1ccccc1N=C=Nc1ccccc1. The van der Waals surface area contributed by atoms with Gasteiger partial charge in [-0.05, 0) is 37.6 Å². The third-order valence-corrected chi connectivity index (χ3v) is 3.06. The van der Waals surface area contributed by atoms with Crippen molar-refractivity contribution < 1.29 is 9.53 Å². The van der Waals surface area contributed by atoms with Gasteiger partial charge in [0.15, 0.2) is 0 Å². The zero-order chi connectivity index (χ0) is 16.5. The average Bonchev–Trinajstić information content (AvgIpc) is 2.56. The van der Waals surface area contributed by atoms with Gasteiger partial charge in [-0.25, -0.2) is 4.79 Å². The second-order valence-electron chi connectivity index (χ2n) is 4.76. The van der Waals surface area contributed by atoms with E-state index in [0.29, 0.717) is 12.3 Å². The monoisotopic (exact) mass is 306 g/mol. The molecule has 0 saturated carbocycles. The number of nitrogens with zero attached hydrogens (tertiary/aromatic N) is 2. The standard InChI is InChI=1S/C19H18N2O2/c1-3-23-19(22)13-15(2)17-11-7-8-12-18(17)21-14-20-16-9-5-4-6-10-16/h4-13H,3H2,1-2H3/b15-13+. The molecule has 0 aliphatic rings. The normalized spacial score (nSPS) is 10.6. The fourth-order valence-corrected chi connectivity index (χ4v) is 1.98. The molecule has 0 amide bonds. The van der Waals surface area contributed by atoms with E-state index in [-0.39, 0.29) is 5.97 Å². The van der Waals surface area contributed by atoms with E-state index in [0.717, 1.165) is 16.8 Å². The largest absolute Gasteiger partial charge is 0.463 e. The summed E-state index contributed by atoms with van der Waals surface area (Å²) in [5.41, 5.74) is 3.11. The molecule has 0 fully saturated rings. The van der Waals surface area contributed by atoms with Crippen LogP contribution in [0.3, 0.4) is 0 Å². The van der Waals surface area contributed by atoms with Crippen molar-refractivity contribution in [2.45, 2.75) is 13.8 Å². The number of rotatable bonds is 5. The molecule has 0 bridgehead atoms. The Labute approximate surface area is 135 Å². The van der Waals surface area contributed by atoms with E-state index in [9.17, 15) is 4.79 Å². The molecule has 0 aliphatic heterocycles. The van der Waals surface area contributed by atoms with Gasteiger partial charge < -0.3 is 4.74 Å². The minimum atomic E-state index is -0.360. The molecule has 4 heteroatoms. The lowest BCUT2D eigenvalue weighted by Crippen LogP contribution is -2.00. The molecule has 2 aromatic rings. The predicted octanol–water partition coefficient (Wildman–Crippen LogP) is 4.79. The van der Waals surface area contributed by atoms with E-state index < -0.39 is 0 Å². The van der Waals surface area contributed by atoms with Gasteiger partial charge in [0.25, 0.3) is 0 Å². The molecule has 4 nitrogen and oxygen atoms in total. The maximum Gasteiger partial charge on any atom is 0.331 e. The number of hydrogen-bond acceptors (Lipinski definition) is 4.